The maximum Gasteiger partial charge on any atom is 0.234 e. The summed E-state index contributed by atoms with van der Waals surface area (Å²) in [5, 5.41) is 30.6. The van der Waals surface area contributed by atoms with E-state index < -0.39 is 28.1 Å². The van der Waals surface area contributed by atoms with Gasteiger partial charge in [-0.1, -0.05) is 30.3 Å². The number of aryl methyl sites for hydroxylation is 1. The average Bonchev–Trinajstić information content (AvgIpc) is 2.68. The van der Waals surface area contributed by atoms with Crippen LogP contribution < -0.4 is 10.9 Å². The molecule has 0 fully saturated rings. The highest BCUT2D eigenvalue weighted by Crippen LogP contribution is 2.41. The molecule has 0 spiro atoms. The highest BCUT2D eigenvalue weighted by molar-refractivity contribution is 5.95. The number of aromatic hydroxyl groups is 3. The van der Waals surface area contributed by atoms with Crippen molar-refractivity contribution in [2.24, 2.45) is 0 Å². The Morgan fingerprint density at radius 2 is 1.64 bits per heavy atom. The first kappa shape index (κ1) is 17.4. The third kappa shape index (κ3) is 2.61. The zero-order valence-corrected chi connectivity index (χ0v) is 14.6. The fourth-order valence-corrected chi connectivity index (χ4v) is 3.02. The summed E-state index contributed by atoms with van der Waals surface area (Å²) < 4.78 is 10.8. The van der Waals surface area contributed by atoms with Gasteiger partial charge in [0.05, 0.1) is 11.1 Å². The van der Waals surface area contributed by atoms with Crippen LogP contribution >= 0.6 is 0 Å². The molecular formula is C21H14O7. The zero-order valence-electron chi connectivity index (χ0n) is 14.6. The van der Waals surface area contributed by atoms with E-state index in [1.54, 1.807) is 24.3 Å². The summed E-state index contributed by atoms with van der Waals surface area (Å²) in [6.45, 7) is 1.39. The van der Waals surface area contributed by atoms with Crippen molar-refractivity contribution in [1.29, 1.82) is 0 Å². The molecule has 0 unspecified atom stereocenters. The summed E-state index contributed by atoms with van der Waals surface area (Å²) in [6.07, 6.45) is 0.998. The summed E-state index contributed by atoms with van der Waals surface area (Å²) in [7, 11) is 0. The third-order valence-electron chi connectivity index (χ3n) is 4.45. The van der Waals surface area contributed by atoms with Crippen LogP contribution in [0.25, 0.3) is 33.4 Å². The number of hydrogen-bond donors (Lipinski definition) is 3. The molecule has 2 aromatic carbocycles. The van der Waals surface area contributed by atoms with E-state index in [0.29, 0.717) is 5.56 Å². The van der Waals surface area contributed by atoms with Gasteiger partial charge in [-0.15, -0.1) is 0 Å². The zero-order chi connectivity index (χ0) is 20.0. The molecular weight excluding hydrogens is 364 g/mol. The molecule has 28 heavy (non-hydrogen) atoms. The van der Waals surface area contributed by atoms with Gasteiger partial charge in [-0.05, 0) is 6.92 Å². The number of rotatable bonds is 2. The van der Waals surface area contributed by atoms with E-state index in [1.165, 1.54) is 13.0 Å². The van der Waals surface area contributed by atoms with Crippen molar-refractivity contribution in [2.45, 2.75) is 6.92 Å². The Morgan fingerprint density at radius 3 is 2.36 bits per heavy atom. The minimum Gasteiger partial charge on any atom is -0.507 e. The van der Waals surface area contributed by atoms with Crippen LogP contribution in [0.4, 0.5) is 0 Å². The molecule has 0 saturated heterocycles. The molecule has 2 heterocycles. The summed E-state index contributed by atoms with van der Waals surface area (Å²) in [6, 6.07) is 11.2. The lowest BCUT2D eigenvalue weighted by Crippen LogP contribution is -2.07. The van der Waals surface area contributed by atoms with Crippen molar-refractivity contribution in [3.63, 3.8) is 0 Å². The van der Waals surface area contributed by atoms with Crippen molar-refractivity contribution in [3.8, 4) is 39.7 Å². The summed E-state index contributed by atoms with van der Waals surface area (Å²) in [5.41, 5.74) is -1.42. The SMILES string of the molecule is Cc1occ(-c2c(O)cc3oc(-c4ccccc4)cc(=O)c3c2O)c(=O)c1O. The standard InChI is InChI=1S/C21H14O7/c1-10-19(24)20(25)12(9-27-10)17-13(22)8-16-18(21(17)26)14(23)7-15(28-16)11-5-3-2-4-6-11/h2-9,22,24,26H,1H3. The molecule has 2 aromatic heterocycles. The Morgan fingerprint density at radius 1 is 0.929 bits per heavy atom. The lowest BCUT2D eigenvalue weighted by Gasteiger charge is -2.11. The minimum absolute atomic E-state index is 0.0134. The van der Waals surface area contributed by atoms with Crippen LogP contribution in [-0.4, -0.2) is 15.3 Å². The highest BCUT2D eigenvalue weighted by Gasteiger charge is 2.23. The Balaban J connectivity index is 2.03. The predicted molar refractivity (Wildman–Crippen MR) is 102 cm³/mol. The fourth-order valence-electron chi connectivity index (χ4n) is 3.02. The van der Waals surface area contributed by atoms with Crippen LogP contribution in [0, 0.1) is 6.92 Å². The lowest BCUT2D eigenvalue weighted by molar-refractivity contribution is 0.411. The van der Waals surface area contributed by atoms with Crippen LogP contribution in [-0.2, 0) is 0 Å². The van der Waals surface area contributed by atoms with Crippen molar-refractivity contribution in [1.82, 2.24) is 0 Å². The first-order valence-corrected chi connectivity index (χ1v) is 8.28. The highest BCUT2D eigenvalue weighted by atomic mass is 16.4. The van der Waals surface area contributed by atoms with E-state index in [0.717, 1.165) is 12.3 Å². The second kappa shape index (κ2) is 6.31. The molecule has 0 bridgehead atoms. The number of phenolic OH excluding ortho intramolecular Hbond substituents is 2. The Hall–Kier alpha value is -4.00. The van der Waals surface area contributed by atoms with Gasteiger partial charge in [-0.3, -0.25) is 9.59 Å². The van der Waals surface area contributed by atoms with Gasteiger partial charge in [-0.2, -0.15) is 0 Å². The predicted octanol–water partition coefficient (Wildman–Crippen LogP) is 3.51. The molecule has 140 valence electrons. The summed E-state index contributed by atoms with van der Waals surface area (Å²) in [5.74, 6) is -1.55. The maximum absolute atomic E-state index is 12.6. The Kier molecular flexibility index (Phi) is 3.93. The van der Waals surface area contributed by atoms with Gasteiger partial charge in [0.15, 0.2) is 5.43 Å². The molecule has 0 aliphatic rings. The lowest BCUT2D eigenvalue weighted by atomic mass is 10.0. The molecule has 7 nitrogen and oxygen atoms in total. The number of hydrogen-bond acceptors (Lipinski definition) is 7. The van der Waals surface area contributed by atoms with Gasteiger partial charge in [-0.25, -0.2) is 0 Å². The van der Waals surface area contributed by atoms with E-state index >= 15 is 0 Å². The first-order valence-electron chi connectivity index (χ1n) is 8.28. The molecule has 0 amide bonds. The van der Waals surface area contributed by atoms with E-state index in [-0.39, 0.29) is 33.6 Å². The largest absolute Gasteiger partial charge is 0.507 e. The minimum atomic E-state index is -0.848. The van der Waals surface area contributed by atoms with Gasteiger partial charge in [0.25, 0.3) is 0 Å². The first-order chi connectivity index (χ1) is 13.4. The second-order valence-electron chi connectivity index (χ2n) is 6.22. The molecule has 4 rings (SSSR count). The third-order valence-corrected chi connectivity index (χ3v) is 4.45. The molecule has 3 N–H and O–H groups in total. The van der Waals surface area contributed by atoms with Gasteiger partial charge in [0.2, 0.25) is 11.2 Å². The van der Waals surface area contributed by atoms with Crippen LogP contribution in [0.2, 0.25) is 0 Å². The van der Waals surface area contributed by atoms with E-state index in [9.17, 15) is 24.9 Å². The van der Waals surface area contributed by atoms with E-state index in [4.69, 9.17) is 8.83 Å². The normalized spacial score (nSPS) is 11.0. The molecule has 4 aromatic rings. The second-order valence-corrected chi connectivity index (χ2v) is 6.22. The van der Waals surface area contributed by atoms with Gasteiger partial charge in [0, 0.05) is 17.7 Å². The quantitative estimate of drug-likeness (QED) is 0.488. The number of benzene rings is 2. The van der Waals surface area contributed by atoms with Gasteiger partial charge < -0.3 is 24.2 Å². The summed E-state index contributed by atoms with van der Waals surface area (Å²) >= 11 is 0. The Bertz CT molecular complexity index is 1330. The molecule has 0 saturated carbocycles. The van der Waals surface area contributed by atoms with Crippen molar-refractivity contribution in [3.05, 3.63) is 74.9 Å². The number of phenols is 2. The van der Waals surface area contributed by atoms with Crippen LogP contribution in [0.3, 0.4) is 0 Å². The average molecular weight is 378 g/mol. The molecule has 0 aliphatic heterocycles. The van der Waals surface area contributed by atoms with Crippen molar-refractivity contribution in [2.75, 3.05) is 0 Å². The Labute approximate surface area is 157 Å². The van der Waals surface area contributed by atoms with E-state index in [2.05, 4.69) is 0 Å². The van der Waals surface area contributed by atoms with Gasteiger partial charge in [0.1, 0.15) is 40.3 Å². The maximum atomic E-state index is 12.6. The smallest absolute Gasteiger partial charge is 0.234 e. The molecule has 0 radical (unpaired) electrons. The van der Waals surface area contributed by atoms with Gasteiger partial charge >= 0.3 is 0 Å². The van der Waals surface area contributed by atoms with Crippen molar-refractivity contribution >= 4 is 11.0 Å². The topological polar surface area (TPSA) is 121 Å². The molecule has 7 heteroatoms. The van der Waals surface area contributed by atoms with Crippen LogP contribution in [0.15, 0.2) is 67.2 Å². The fraction of sp³-hybridized carbons (Fsp3) is 0.0476. The van der Waals surface area contributed by atoms with Crippen molar-refractivity contribution < 1.29 is 24.2 Å². The monoisotopic (exact) mass is 378 g/mol. The molecule has 0 atom stereocenters. The molecule has 0 aliphatic carbocycles. The summed E-state index contributed by atoms with van der Waals surface area (Å²) in [4.78, 5) is 25.0. The van der Waals surface area contributed by atoms with Crippen LogP contribution in [0.5, 0.6) is 17.2 Å². The van der Waals surface area contributed by atoms with E-state index in [1.807, 2.05) is 6.07 Å². The van der Waals surface area contributed by atoms with Crippen LogP contribution in [0.1, 0.15) is 5.76 Å². The number of fused-ring (bicyclic) bond motifs is 1.